The van der Waals surface area contributed by atoms with Gasteiger partial charge in [0.1, 0.15) is 5.75 Å². The Kier molecular flexibility index (Phi) is 4.45. The van der Waals surface area contributed by atoms with Gasteiger partial charge in [-0.3, -0.25) is 4.79 Å². The molecule has 0 spiro atoms. The number of benzene rings is 2. The van der Waals surface area contributed by atoms with E-state index in [2.05, 4.69) is 35.6 Å². The lowest BCUT2D eigenvalue weighted by Crippen LogP contribution is -2.41. The summed E-state index contributed by atoms with van der Waals surface area (Å²) in [5.74, 6) is 1.27. The predicted molar refractivity (Wildman–Crippen MR) is 97.7 cm³/mol. The molecule has 2 aliphatic rings. The Morgan fingerprint density at radius 3 is 2.68 bits per heavy atom. The van der Waals surface area contributed by atoms with Crippen LogP contribution in [0.1, 0.15) is 22.6 Å². The van der Waals surface area contributed by atoms with E-state index in [4.69, 9.17) is 4.74 Å². The van der Waals surface area contributed by atoms with Crippen LogP contribution in [0.25, 0.3) is 0 Å². The van der Waals surface area contributed by atoms with E-state index in [0.29, 0.717) is 0 Å². The molecule has 2 aromatic carbocycles. The number of para-hydroxylation sites is 1. The topological polar surface area (TPSA) is 41.6 Å². The van der Waals surface area contributed by atoms with E-state index in [0.717, 1.165) is 43.9 Å². The standard InChI is InChI=1S/C21H24N2O2/c1-25-20-9-5-4-8-17(20)18-12-22-13-19(18)21(24)23-11-10-15-6-2-3-7-16(15)14-23/h2-9,18-19,22H,10-14H2,1H3. The van der Waals surface area contributed by atoms with Crippen LogP contribution in [0.4, 0.5) is 0 Å². The molecule has 2 unspecified atom stereocenters. The summed E-state index contributed by atoms with van der Waals surface area (Å²) in [6.45, 7) is 3.09. The second kappa shape index (κ2) is 6.89. The molecule has 1 amide bonds. The first-order chi connectivity index (χ1) is 12.3. The van der Waals surface area contributed by atoms with Crippen molar-refractivity contribution in [2.75, 3.05) is 26.7 Å². The molecule has 2 atom stereocenters. The highest BCUT2D eigenvalue weighted by atomic mass is 16.5. The first kappa shape index (κ1) is 16.2. The van der Waals surface area contributed by atoms with Gasteiger partial charge < -0.3 is 15.0 Å². The van der Waals surface area contributed by atoms with Gasteiger partial charge in [0, 0.05) is 32.1 Å². The minimum Gasteiger partial charge on any atom is -0.496 e. The van der Waals surface area contributed by atoms with Crippen molar-refractivity contribution >= 4 is 5.91 Å². The largest absolute Gasteiger partial charge is 0.496 e. The van der Waals surface area contributed by atoms with Crippen LogP contribution in [0.3, 0.4) is 0 Å². The van der Waals surface area contributed by atoms with Gasteiger partial charge in [0.2, 0.25) is 5.91 Å². The molecular formula is C21H24N2O2. The fourth-order valence-corrected chi connectivity index (χ4v) is 4.16. The fourth-order valence-electron chi connectivity index (χ4n) is 4.16. The number of hydrogen-bond donors (Lipinski definition) is 1. The summed E-state index contributed by atoms with van der Waals surface area (Å²) in [4.78, 5) is 15.3. The molecule has 4 rings (SSSR count). The van der Waals surface area contributed by atoms with Gasteiger partial charge in [0.25, 0.3) is 0 Å². The summed E-state index contributed by atoms with van der Waals surface area (Å²) in [5.41, 5.74) is 3.78. The maximum absolute atomic E-state index is 13.2. The zero-order valence-electron chi connectivity index (χ0n) is 14.6. The van der Waals surface area contributed by atoms with E-state index >= 15 is 0 Å². The average molecular weight is 336 g/mol. The summed E-state index contributed by atoms with van der Waals surface area (Å²) >= 11 is 0. The maximum atomic E-state index is 13.2. The zero-order valence-corrected chi connectivity index (χ0v) is 14.6. The lowest BCUT2D eigenvalue weighted by molar-refractivity contribution is -0.136. The van der Waals surface area contributed by atoms with Crippen molar-refractivity contribution < 1.29 is 9.53 Å². The number of fused-ring (bicyclic) bond motifs is 1. The summed E-state index contributed by atoms with van der Waals surface area (Å²) < 4.78 is 5.53. The third-order valence-electron chi connectivity index (χ3n) is 5.51. The van der Waals surface area contributed by atoms with Crippen molar-refractivity contribution in [3.8, 4) is 5.75 Å². The molecule has 0 aromatic heterocycles. The van der Waals surface area contributed by atoms with E-state index in [9.17, 15) is 4.79 Å². The Labute approximate surface area is 148 Å². The van der Waals surface area contributed by atoms with Crippen molar-refractivity contribution in [2.24, 2.45) is 5.92 Å². The Hall–Kier alpha value is -2.33. The monoisotopic (exact) mass is 336 g/mol. The SMILES string of the molecule is COc1ccccc1C1CNCC1C(=O)N1CCc2ccccc2C1. The molecule has 4 heteroatoms. The molecule has 2 aromatic rings. The second-order valence-electron chi connectivity index (χ2n) is 6.89. The number of hydrogen-bond acceptors (Lipinski definition) is 3. The Morgan fingerprint density at radius 2 is 1.84 bits per heavy atom. The minimum atomic E-state index is -0.0263. The van der Waals surface area contributed by atoms with E-state index in [1.807, 2.05) is 23.1 Å². The summed E-state index contributed by atoms with van der Waals surface area (Å²) in [7, 11) is 1.69. The quantitative estimate of drug-likeness (QED) is 0.937. The highest BCUT2D eigenvalue weighted by Crippen LogP contribution is 2.35. The van der Waals surface area contributed by atoms with Crippen molar-refractivity contribution in [1.82, 2.24) is 10.2 Å². The van der Waals surface area contributed by atoms with Crippen LogP contribution in [0.5, 0.6) is 5.75 Å². The van der Waals surface area contributed by atoms with E-state index in [1.54, 1.807) is 7.11 Å². The molecule has 4 nitrogen and oxygen atoms in total. The van der Waals surface area contributed by atoms with Crippen LogP contribution in [-0.4, -0.2) is 37.6 Å². The highest BCUT2D eigenvalue weighted by Gasteiger charge is 2.38. The van der Waals surface area contributed by atoms with Gasteiger partial charge in [-0.25, -0.2) is 0 Å². The Bertz CT molecular complexity index is 774. The van der Waals surface area contributed by atoms with Crippen LogP contribution in [0.15, 0.2) is 48.5 Å². The fraction of sp³-hybridized carbons (Fsp3) is 0.381. The lowest BCUT2D eigenvalue weighted by atomic mass is 9.86. The van der Waals surface area contributed by atoms with E-state index in [-0.39, 0.29) is 17.7 Å². The van der Waals surface area contributed by atoms with Gasteiger partial charge in [-0.2, -0.15) is 0 Å². The molecule has 0 radical (unpaired) electrons. The van der Waals surface area contributed by atoms with Crippen LogP contribution in [0, 0.1) is 5.92 Å². The Morgan fingerprint density at radius 1 is 1.08 bits per heavy atom. The third-order valence-corrected chi connectivity index (χ3v) is 5.51. The van der Waals surface area contributed by atoms with Gasteiger partial charge in [-0.1, -0.05) is 42.5 Å². The smallest absolute Gasteiger partial charge is 0.227 e. The second-order valence-corrected chi connectivity index (χ2v) is 6.89. The highest BCUT2D eigenvalue weighted by molar-refractivity contribution is 5.81. The number of nitrogens with one attached hydrogen (secondary N) is 1. The van der Waals surface area contributed by atoms with Crippen molar-refractivity contribution in [3.63, 3.8) is 0 Å². The van der Waals surface area contributed by atoms with Crippen molar-refractivity contribution in [3.05, 3.63) is 65.2 Å². The third kappa shape index (κ3) is 3.02. The molecule has 1 fully saturated rings. The van der Waals surface area contributed by atoms with Crippen LogP contribution in [-0.2, 0) is 17.8 Å². The van der Waals surface area contributed by atoms with Gasteiger partial charge >= 0.3 is 0 Å². The number of nitrogens with zero attached hydrogens (tertiary/aromatic N) is 1. The summed E-state index contributed by atoms with van der Waals surface area (Å²) in [6.07, 6.45) is 0.946. The van der Waals surface area contributed by atoms with Crippen LogP contribution in [0.2, 0.25) is 0 Å². The number of ether oxygens (including phenoxy) is 1. The Balaban J connectivity index is 1.56. The molecule has 0 saturated carbocycles. The van der Waals surface area contributed by atoms with E-state index in [1.165, 1.54) is 11.1 Å². The molecule has 1 N–H and O–H groups in total. The van der Waals surface area contributed by atoms with Crippen LogP contribution < -0.4 is 10.1 Å². The van der Waals surface area contributed by atoms with Gasteiger partial charge in [-0.15, -0.1) is 0 Å². The number of carbonyl (C=O) groups is 1. The molecular weight excluding hydrogens is 312 g/mol. The van der Waals surface area contributed by atoms with Gasteiger partial charge in [-0.05, 0) is 29.2 Å². The summed E-state index contributed by atoms with van der Waals surface area (Å²) in [5, 5.41) is 3.41. The molecule has 2 aliphatic heterocycles. The maximum Gasteiger partial charge on any atom is 0.227 e. The number of amides is 1. The number of rotatable bonds is 3. The van der Waals surface area contributed by atoms with E-state index < -0.39 is 0 Å². The van der Waals surface area contributed by atoms with Gasteiger partial charge in [0.05, 0.1) is 13.0 Å². The lowest BCUT2D eigenvalue weighted by Gasteiger charge is -2.32. The predicted octanol–water partition coefficient (Wildman–Crippen LogP) is 2.58. The number of methoxy groups -OCH3 is 1. The molecule has 0 bridgehead atoms. The van der Waals surface area contributed by atoms with Gasteiger partial charge in [0.15, 0.2) is 0 Å². The molecule has 2 heterocycles. The van der Waals surface area contributed by atoms with Crippen molar-refractivity contribution in [1.29, 1.82) is 0 Å². The van der Waals surface area contributed by atoms with Crippen molar-refractivity contribution in [2.45, 2.75) is 18.9 Å². The first-order valence-corrected chi connectivity index (χ1v) is 8.97. The average Bonchev–Trinajstić information content (AvgIpc) is 3.16. The molecule has 130 valence electrons. The molecule has 1 saturated heterocycles. The molecule has 0 aliphatic carbocycles. The number of carbonyl (C=O) groups excluding carboxylic acids is 1. The normalized spacial score (nSPS) is 22.5. The van der Waals surface area contributed by atoms with Crippen LogP contribution >= 0.6 is 0 Å². The minimum absolute atomic E-state index is 0.0263. The first-order valence-electron chi connectivity index (χ1n) is 8.97. The molecule has 25 heavy (non-hydrogen) atoms. The summed E-state index contributed by atoms with van der Waals surface area (Å²) in [6, 6.07) is 16.5. The zero-order chi connectivity index (χ0) is 17.2.